The van der Waals surface area contributed by atoms with E-state index in [1.54, 1.807) is 0 Å². The molecule has 0 unspecified atom stereocenters. The van der Waals surface area contributed by atoms with E-state index in [0.717, 1.165) is 5.69 Å². The van der Waals surface area contributed by atoms with Gasteiger partial charge in [-0.2, -0.15) is 0 Å². The molecule has 4 heteroatoms. The summed E-state index contributed by atoms with van der Waals surface area (Å²) in [5.74, 6) is 0.872. The Hall–Kier alpha value is -1.32. The second-order valence-corrected chi connectivity index (χ2v) is 3.43. The summed E-state index contributed by atoms with van der Waals surface area (Å²) in [6, 6.07) is 1.81. The SMILES string of the molecule is CC(=O)Nc1cc(C2CCC2)no1. The molecule has 13 heavy (non-hydrogen) atoms. The van der Waals surface area contributed by atoms with Gasteiger partial charge in [-0.25, -0.2) is 0 Å². The van der Waals surface area contributed by atoms with Gasteiger partial charge in [-0.3, -0.25) is 10.1 Å². The van der Waals surface area contributed by atoms with Gasteiger partial charge in [0.2, 0.25) is 11.8 Å². The molecule has 0 aliphatic heterocycles. The summed E-state index contributed by atoms with van der Waals surface area (Å²) in [5, 5.41) is 6.46. The zero-order valence-corrected chi connectivity index (χ0v) is 7.54. The number of carbonyl (C=O) groups is 1. The fraction of sp³-hybridized carbons (Fsp3) is 0.556. The predicted molar refractivity (Wildman–Crippen MR) is 47.4 cm³/mol. The van der Waals surface area contributed by atoms with Crippen LogP contribution >= 0.6 is 0 Å². The summed E-state index contributed by atoms with van der Waals surface area (Å²) in [6.45, 7) is 1.45. The average molecular weight is 180 g/mol. The van der Waals surface area contributed by atoms with E-state index >= 15 is 0 Å². The third-order valence-corrected chi connectivity index (χ3v) is 2.35. The maximum Gasteiger partial charge on any atom is 0.231 e. The van der Waals surface area contributed by atoms with Crippen molar-refractivity contribution in [1.29, 1.82) is 0 Å². The van der Waals surface area contributed by atoms with E-state index in [-0.39, 0.29) is 5.91 Å². The van der Waals surface area contributed by atoms with Gasteiger partial charge in [0.1, 0.15) is 0 Å². The molecule has 0 atom stereocenters. The quantitative estimate of drug-likeness (QED) is 0.756. The fourth-order valence-electron chi connectivity index (χ4n) is 1.42. The standard InChI is InChI=1S/C9H12N2O2/c1-6(12)10-9-5-8(11-13-9)7-3-2-4-7/h5,7H,2-4H2,1H3,(H,10,12). The molecule has 1 aliphatic rings. The topological polar surface area (TPSA) is 55.1 Å². The normalized spacial score (nSPS) is 16.7. The van der Waals surface area contributed by atoms with Crippen LogP contribution in [0.2, 0.25) is 0 Å². The third-order valence-electron chi connectivity index (χ3n) is 2.35. The lowest BCUT2D eigenvalue weighted by atomic mass is 9.83. The summed E-state index contributed by atoms with van der Waals surface area (Å²) in [4.78, 5) is 10.7. The van der Waals surface area contributed by atoms with Crippen molar-refractivity contribution in [3.8, 4) is 0 Å². The molecule has 1 aliphatic carbocycles. The molecule has 0 aromatic carbocycles. The Morgan fingerprint density at radius 2 is 2.46 bits per heavy atom. The molecule has 1 saturated carbocycles. The highest BCUT2D eigenvalue weighted by molar-refractivity contribution is 5.87. The van der Waals surface area contributed by atoms with E-state index in [0.29, 0.717) is 11.8 Å². The molecular formula is C9H12N2O2. The van der Waals surface area contributed by atoms with Crippen LogP contribution in [0, 0.1) is 0 Å². The summed E-state index contributed by atoms with van der Waals surface area (Å²) < 4.78 is 4.95. The molecule has 1 amide bonds. The van der Waals surface area contributed by atoms with Crippen LogP contribution in [0.3, 0.4) is 0 Å². The largest absolute Gasteiger partial charge is 0.338 e. The maximum absolute atomic E-state index is 10.7. The molecule has 0 saturated heterocycles. The number of hydrogen-bond donors (Lipinski definition) is 1. The van der Waals surface area contributed by atoms with Crippen LogP contribution in [-0.2, 0) is 4.79 Å². The molecule has 0 spiro atoms. The number of nitrogens with one attached hydrogen (secondary N) is 1. The highest BCUT2D eigenvalue weighted by atomic mass is 16.5. The van der Waals surface area contributed by atoms with Crippen LogP contribution < -0.4 is 5.32 Å². The maximum atomic E-state index is 10.7. The highest BCUT2D eigenvalue weighted by Crippen LogP contribution is 2.36. The minimum atomic E-state index is -0.128. The smallest absolute Gasteiger partial charge is 0.231 e. The molecule has 1 fully saturated rings. The number of rotatable bonds is 2. The summed E-state index contributed by atoms with van der Waals surface area (Å²) in [5.41, 5.74) is 0.968. The van der Waals surface area contributed by atoms with Crippen LogP contribution in [0.5, 0.6) is 0 Å². The van der Waals surface area contributed by atoms with Gasteiger partial charge in [-0.05, 0) is 12.8 Å². The van der Waals surface area contributed by atoms with Crippen molar-refractivity contribution in [3.63, 3.8) is 0 Å². The minimum Gasteiger partial charge on any atom is -0.338 e. The highest BCUT2D eigenvalue weighted by Gasteiger charge is 2.23. The van der Waals surface area contributed by atoms with Crippen LogP contribution in [-0.4, -0.2) is 11.1 Å². The summed E-state index contributed by atoms with van der Waals surface area (Å²) in [7, 11) is 0. The van der Waals surface area contributed by atoms with E-state index in [2.05, 4.69) is 10.5 Å². The monoisotopic (exact) mass is 180 g/mol. The number of carbonyl (C=O) groups excluding carboxylic acids is 1. The Morgan fingerprint density at radius 3 is 3.00 bits per heavy atom. The second kappa shape index (κ2) is 3.20. The second-order valence-electron chi connectivity index (χ2n) is 3.43. The van der Waals surface area contributed by atoms with Crippen LogP contribution in [0.1, 0.15) is 37.8 Å². The van der Waals surface area contributed by atoms with Crippen molar-refractivity contribution in [2.75, 3.05) is 5.32 Å². The lowest BCUT2D eigenvalue weighted by Crippen LogP contribution is -2.08. The Morgan fingerprint density at radius 1 is 1.69 bits per heavy atom. The molecule has 2 rings (SSSR count). The Kier molecular flexibility index (Phi) is 2.04. The molecule has 1 aromatic heterocycles. The van der Waals surface area contributed by atoms with Crippen molar-refractivity contribution in [2.24, 2.45) is 0 Å². The van der Waals surface area contributed by atoms with Gasteiger partial charge in [0.15, 0.2) is 0 Å². The lowest BCUT2D eigenvalue weighted by Gasteiger charge is -2.22. The predicted octanol–water partition coefficient (Wildman–Crippen LogP) is 1.90. The number of anilines is 1. The van der Waals surface area contributed by atoms with E-state index in [1.165, 1.54) is 26.2 Å². The van der Waals surface area contributed by atoms with Crippen molar-refractivity contribution < 1.29 is 9.32 Å². The summed E-state index contributed by atoms with van der Waals surface area (Å²) >= 11 is 0. The Labute approximate surface area is 76.3 Å². The first kappa shape index (κ1) is 8.29. The molecule has 1 N–H and O–H groups in total. The van der Waals surface area contributed by atoms with Gasteiger partial charge in [-0.1, -0.05) is 11.6 Å². The van der Waals surface area contributed by atoms with Gasteiger partial charge in [0, 0.05) is 18.9 Å². The first-order valence-electron chi connectivity index (χ1n) is 4.50. The zero-order chi connectivity index (χ0) is 9.26. The van der Waals surface area contributed by atoms with Crippen molar-refractivity contribution in [1.82, 2.24) is 5.16 Å². The van der Waals surface area contributed by atoms with Gasteiger partial charge in [-0.15, -0.1) is 0 Å². The van der Waals surface area contributed by atoms with Crippen LogP contribution in [0.4, 0.5) is 5.88 Å². The first-order valence-corrected chi connectivity index (χ1v) is 4.50. The van der Waals surface area contributed by atoms with Crippen molar-refractivity contribution >= 4 is 11.8 Å². The Balaban J connectivity index is 2.04. The molecule has 0 radical (unpaired) electrons. The molecule has 70 valence electrons. The van der Waals surface area contributed by atoms with Gasteiger partial charge >= 0.3 is 0 Å². The molecule has 0 bridgehead atoms. The fourth-order valence-corrected chi connectivity index (χ4v) is 1.42. The molecule has 1 heterocycles. The van der Waals surface area contributed by atoms with E-state index < -0.39 is 0 Å². The first-order chi connectivity index (χ1) is 6.25. The average Bonchev–Trinajstić information content (AvgIpc) is 2.31. The number of aromatic nitrogens is 1. The van der Waals surface area contributed by atoms with E-state index in [4.69, 9.17) is 4.52 Å². The number of amides is 1. The Bertz CT molecular complexity index is 315. The third kappa shape index (κ3) is 1.71. The minimum absolute atomic E-state index is 0.128. The zero-order valence-electron chi connectivity index (χ0n) is 7.54. The van der Waals surface area contributed by atoms with Gasteiger partial charge in [0.05, 0.1) is 5.69 Å². The van der Waals surface area contributed by atoms with E-state index in [9.17, 15) is 4.79 Å². The molecular weight excluding hydrogens is 168 g/mol. The van der Waals surface area contributed by atoms with Crippen LogP contribution in [0.25, 0.3) is 0 Å². The van der Waals surface area contributed by atoms with Crippen molar-refractivity contribution in [2.45, 2.75) is 32.1 Å². The van der Waals surface area contributed by atoms with Crippen molar-refractivity contribution in [3.05, 3.63) is 11.8 Å². The lowest BCUT2D eigenvalue weighted by molar-refractivity contribution is -0.114. The van der Waals surface area contributed by atoms with E-state index in [1.807, 2.05) is 6.07 Å². The van der Waals surface area contributed by atoms with Gasteiger partial charge < -0.3 is 4.52 Å². The van der Waals surface area contributed by atoms with Crippen LogP contribution in [0.15, 0.2) is 10.6 Å². The number of nitrogens with zero attached hydrogens (tertiary/aromatic N) is 1. The molecule has 1 aromatic rings. The summed E-state index contributed by atoms with van der Waals surface area (Å²) in [6.07, 6.45) is 3.64. The number of hydrogen-bond acceptors (Lipinski definition) is 3. The van der Waals surface area contributed by atoms with Gasteiger partial charge in [0.25, 0.3) is 0 Å². The molecule has 4 nitrogen and oxygen atoms in total.